The zero-order valence-electron chi connectivity index (χ0n) is 13.4. The van der Waals surface area contributed by atoms with Gasteiger partial charge in [-0.25, -0.2) is 0 Å². The number of carbonyl (C=O) groups is 2. The van der Waals surface area contributed by atoms with Crippen molar-refractivity contribution in [3.63, 3.8) is 0 Å². The van der Waals surface area contributed by atoms with Gasteiger partial charge in [-0.05, 0) is 57.6 Å². The third-order valence-electron chi connectivity index (χ3n) is 3.06. The summed E-state index contributed by atoms with van der Waals surface area (Å²) in [6.45, 7) is 1.51. The van der Waals surface area contributed by atoms with Gasteiger partial charge in [0, 0.05) is 6.54 Å². The van der Waals surface area contributed by atoms with E-state index in [1.807, 2.05) is 20.4 Å². The van der Waals surface area contributed by atoms with Crippen LogP contribution in [0.25, 0.3) is 0 Å². The summed E-state index contributed by atoms with van der Waals surface area (Å²) in [7, 11) is 3.99. The fourth-order valence-corrected chi connectivity index (χ4v) is 2.34. The Hall–Kier alpha value is -1.47. The third kappa shape index (κ3) is 7.00. The lowest BCUT2D eigenvalue weighted by atomic mass is 10.2. The first kappa shape index (κ1) is 18.6. The molecule has 1 heterocycles. The molecule has 22 heavy (non-hydrogen) atoms. The van der Waals surface area contributed by atoms with Crippen LogP contribution in [0, 0.1) is 0 Å². The summed E-state index contributed by atoms with van der Waals surface area (Å²) in [5.74, 6) is 0.510. The van der Waals surface area contributed by atoms with E-state index in [0.29, 0.717) is 13.0 Å². The van der Waals surface area contributed by atoms with E-state index in [4.69, 9.17) is 4.42 Å². The monoisotopic (exact) mass is 327 g/mol. The van der Waals surface area contributed by atoms with Crippen LogP contribution < -0.4 is 10.6 Å². The van der Waals surface area contributed by atoms with E-state index in [-0.39, 0.29) is 17.6 Å². The van der Waals surface area contributed by atoms with E-state index < -0.39 is 6.04 Å². The summed E-state index contributed by atoms with van der Waals surface area (Å²) in [5, 5.41) is 5.61. The van der Waals surface area contributed by atoms with Crippen molar-refractivity contribution in [2.75, 3.05) is 39.2 Å². The average Bonchev–Trinajstić information content (AvgIpc) is 3.01. The number of nitrogens with one attached hydrogen (secondary N) is 2. The number of hydrogen-bond donors (Lipinski definition) is 2. The highest BCUT2D eigenvalue weighted by molar-refractivity contribution is 7.98. The molecular weight excluding hydrogens is 302 g/mol. The second kappa shape index (κ2) is 10.3. The van der Waals surface area contributed by atoms with Crippen LogP contribution in [0.2, 0.25) is 0 Å². The summed E-state index contributed by atoms with van der Waals surface area (Å²) in [4.78, 5) is 26.3. The molecule has 6 nitrogen and oxygen atoms in total. The smallest absolute Gasteiger partial charge is 0.287 e. The first-order valence-corrected chi connectivity index (χ1v) is 8.69. The molecule has 0 unspecified atom stereocenters. The van der Waals surface area contributed by atoms with Crippen LogP contribution in [0.1, 0.15) is 23.4 Å². The average molecular weight is 327 g/mol. The number of rotatable bonds is 10. The molecule has 0 saturated carbocycles. The van der Waals surface area contributed by atoms with Crippen molar-refractivity contribution in [3.05, 3.63) is 24.2 Å². The minimum Gasteiger partial charge on any atom is -0.459 e. The second-order valence-corrected chi connectivity index (χ2v) is 6.22. The van der Waals surface area contributed by atoms with Crippen LogP contribution >= 0.6 is 11.8 Å². The molecule has 0 aliphatic carbocycles. The van der Waals surface area contributed by atoms with Crippen molar-refractivity contribution in [1.29, 1.82) is 0 Å². The van der Waals surface area contributed by atoms with Crippen molar-refractivity contribution in [2.45, 2.75) is 18.9 Å². The van der Waals surface area contributed by atoms with E-state index in [9.17, 15) is 9.59 Å². The van der Waals surface area contributed by atoms with E-state index >= 15 is 0 Å². The largest absolute Gasteiger partial charge is 0.459 e. The van der Waals surface area contributed by atoms with Gasteiger partial charge in [0.15, 0.2) is 5.76 Å². The maximum Gasteiger partial charge on any atom is 0.287 e. The molecule has 0 radical (unpaired) electrons. The molecule has 7 heteroatoms. The number of nitrogens with zero attached hydrogens (tertiary/aromatic N) is 1. The lowest BCUT2D eigenvalue weighted by Crippen LogP contribution is -2.47. The molecular formula is C15H25N3O3S. The molecule has 124 valence electrons. The van der Waals surface area contributed by atoms with Gasteiger partial charge >= 0.3 is 0 Å². The fourth-order valence-electron chi connectivity index (χ4n) is 1.87. The highest BCUT2D eigenvalue weighted by Crippen LogP contribution is 2.05. The maximum atomic E-state index is 12.2. The highest BCUT2D eigenvalue weighted by Gasteiger charge is 2.21. The van der Waals surface area contributed by atoms with Gasteiger partial charge in [0.05, 0.1) is 6.26 Å². The topological polar surface area (TPSA) is 74.6 Å². The van der Waals surface area contributed by atoms with Crippen LogP contribution in [0.3, 0.4) is 0 Å². The summed E-state index contributed by atoms with van der Waals surface area (Å²) in [6.07, 6.45) is 4.88. The Morgan fingerprint density at radius 1 is 1.41 bits per heavy atom. The van der Waals surface area contributed by atoms with Crippen molar-refractivity contribution < 1.29 is 14.0 Å². The van der Waals surface area contributed by atoms with E-state index in [1.165, 1.54) is 6.26 Å². The fraction of sp³-hybridized carbons (Fsp3) is 0.600. The summed E-state index contributed by atoms with van der Waals surface area (Å²) in [6, 6.07) is 2.69. The van der Waals surface area contributed by atoms with Crippen molar-refractivity contribution in [1.82, 2.24) is 15.5 Å². The molecule has 1 atom stereocenters. The summed E-state index contributed by atoms with van der Waals surface area (Å²) in [5.41, 5.74) is 0. The van der Waals surface area contributed by atoms with Crippen LogP contribution in [0.4, 0.5) is 0 Å². The molecule has 1 aromatic rings. The van der Waals surface area contributed by atoms with Crippen molar-refractivity contribution in [3.8, 4) is 0 Å². The SMILES string of the molecule is CSCC[C@@H](NC(=O)c1ccco1)C(=O)NCCCN(C)C. The van der Waals surface area contributed by atoms with Crippen molar-refractivity contribution >= 4 is 23.6 Å². The molecule has 1 aromatic heterocycles. The molecule has 0 spiro atoms. The van der Waals surface area contributed by atoms with Crippen LogP contribution in [0.15, 0.2) is 22.8 Å². The number of carbonyl (C=O) groups excluding carboxylic acids is 2. The number of amides is 2. The normalized spacial score (nSPS) is 12.2. The van der Waals surface area contributed by atoms with Gasteiger partial charge in [0.1, 0.15) is 6.04 Å². The number of thioether (sulfide) groups is 1. The Morgan fingerprint density at radius 3 is 2.77 bits per heavy atom. The van der Waals surface area contributed by atoms with Crippen LogP contribution in [-0.2, 0) is 4.79 Å². The summed E-state index contributed by atoms with van der Waals surface area (Å²) >= 11 is 1.64. The minimum absolute atomic E-state index is 0.146. The predicted molar refractivity (Wildman–Crippen MR) is 89.1 cm³/mol. The number of hydrogen-bond acceptors (Lipinski definition) is 5. The second-order valence-electron chi connectivity index (χ2n) is 5.23. The molecule has 0 aromatic carbocycles. The van der Waals surface area contributed by atoms with Gasteiger partial charge in [-0.3, -0.25) is 9.59 Å². The Balaban J connectivity index is 2.48. The lowest BCUT2D eigenvalue weighted by molar-refractivity contribution is -0.123. The van der Waals surface area contributed by atoms with Gasteiger partial charge in [0.25, 0.3) is 5.91 Å². The maximum absolute atomic E-state index is 12.2. The first-order valence-electron chi connectivity index (χ1n) is 7.30. The molecule has 2 N–H and O–H groups in total. The minimum atomic E-state index is -0.538. The molecule has 0 aliphatic heterocycles. The zero-order valence-corrected chi connectivity index (χ0v) is 14.2. The summed E-state index contributed by atoms with van der Waals surface area (Å²) < 4.78 is 5.05. The van der Waals surface area contributed by atoms with E-state index in [0.717, 1.165) is 18.7 Å². The Morgan fingerprint density at radius 2 is 2.18 bits per heavy atom. The molecule has 0 saturated heterocycles. The first-order chi connectivity index (χ1) is 10.5. The zero-order chi connectivity index (χ0) is 16.4. The molecule has 0 aliphatic rings. The van der Waals surface area contributed by atoms with Gasteiger partial charge in [-0.2, -0.15) is 11.8 Å². The van der Waals surface area contributed by atoms with Gasteiger partial charge < -0.3 is 20.0 Å². The molecule has 0 fully saturated rings. The lowest BCUT2D eigenvalue weighted by Gasteiger charge is -2.18. The molecule has 2 amide bonds. The van der Waals surface area contributed by atoms with Gasteiger partial charge in [-0.15, -0.1) is 0 Å². The number of furan rings is 1. The van der Waals surface area contributed by atoms with E-state index in [1.54, 1.807) is 23.9 Å². The third-order valence-corrected chi connectivity index (χ3v) is 3.70. The van der Waals surface area contributed by atoms with Crippen molar-refractivity contribution in [2.24, 2.45) is 0 Å². The highest BCUT2D eigenvalue weighted by atomic mass is 32.2. The standard InChI is InChI=1S/C15H25N3O3S/c1-18(2)9-5-8-16-14(19)12(7-11-22-3)17-15(20)13-6-4-10-21-13/h4,6,10,12H,5,7-9,11H2,1-3H3,(H,16,19)(H,17,20)/t12-/m1/s1. The van der Waals surface area contributed by atoms with Crippen LogP contribution in [0.5, 0.6) is 0 Å². The predicted octanol–water partition coefficient (Wildman–Crippen LogP) is 1.20. The Bertz CT molecular complexity index is 449. The Labute approximate surface area is 136 Å². The van der Waals surface area contributed by atoms with Gasteiger partial charge in [0.2, 0.25) is 5.91 Å². The van der Waals surface area contributed by atoms with E-state index in [2.05, 4.69) is 15.5 Å². The van der Waals surface area contributed by atoms with Gasteiger partial charge in [-0.1, -0.05) is 0 Å². The Kier molecular flexibility index (Phi) is 8.69. The quantitative estimate of drug-likeness (QED) is 0.632. The van der Waals surface area contributed by atoms with Crippen LogP contribution in [-0.4, -0.2) is 61.9 Å². The molecule has 1 rings (SSSR count). The molecule has 0 bridgehead atoms.